The zero-order chi connectivity index (χ0) is 12.3. The fourth-order valence-electron chi connectivity index (χ4n) is 1.65. The van der Waals surface area contributed by atoms with Crippen LogP contribution in [-0.4, -0.2) is 15.8 Å². The van der Waals surface area contributed by atoms with Crippen LogP contribution in [0.15, 0.2) is 36.7 Å². The number of aromatic nitrogens is 2. The summed E-state index contributed by atoms with van der Waals surface area (Å²) in [5.74, 6) is -0.242. The van der Waals surface area contributed by atoms with Gasteiger partial charge in [0.2, 0.25) is 0 Å². The van der Waals surface area contributed by atoms with Crippen molar-refractivity contribution in [2.45, 2.75) is 25.8 Å². The molecule has 4 heteroatoms. The lowest BCUT2D eigenvalue weighted by Crippen LogP contribution is -2.20. The highest BCUT2D eigenvalue weighted by Gasteiger charge is 2.05. The Hall–Kier alpha value is -1.68. The van der Waals surface area contributed by atoms with Crippen LogP contribution < -0.4 is 5.73 Å². The quantitative estimate of drug-likeness (QED) is 0.880. The molecule has 1 atom stereocenters. The van der Waals surface area contributed by atoms with Crippen molar-refractivity contribution in [3.8, 4) is 5.69 Å². The standard InChI is InChI=1S/C13H16FN3/c1-2-12(15)7-10-8-16-17(9-10)13-5-3-11(14)4-6-13/h3-6,8-9,12H,2,7,15H2,1H3. The van der Waals surface area contributed by atoms with E-state index in [1.54, 1.807) is 23.0 Å². The van der Waals surface area contributed by atoms with E-state index in [1.807, 2.05) is 6.20 Å². The van der Waals surface area contributed by atoms with Gasteiger partial charge in [0, 0.05) is 12.2 Å². The Kier molecular flexibility index (Phi) is 3.54. The van der Waals surface area contributed by atoms with Crippen molar-refractivity contribution in [2.24, 2.45) is 5.73 Å². The highest BCUT2D eigenvalue weighted by Crippen LogP contribution is 2.10. The molecule has 0 fully saturated rings. The van der Waals surface area contributed by atoms with E-state index in [4.69, 9.17) is 5.73 Å². The minimum atomic E-state index is -0.242. The van der Waals surface area contributed by atoms with Crippen LogP contribution in [0.4, 0.5) is 4.39 Å². The zero-order valence-electron chi connectivity index (χ0n) is 9.81. The topological polar surface area (TPSA) is 43.8 Å². The molecule has 2 aromatic rings. The molecule has 0 spiro atoms. The molecular formula is C13H16FN3. The molecule has 90 valence electrons. The Balaban J connectivity index is 2.15. The largest absolute Gasteiger partial charge is 0.327 e. The smallest absolute Gasteiger partial charge is 0.123 e. The fraction of sp³-hybridized carbons (Fsp3) is 0.308. The number of nitrogens with zero attached hydrogens (tertiary/aromatic N) is 2. The second kappa shape index (κ2) is 5.10. The maximum absolute atomic E-state index is 12.8. The monoisotopic (exact) mass is 233 g/mol. The molecule has 0 aliphatic rings. The summed E-state index contributed by atoms with van der Waals surface area (Å²) in [6.07, 6.45) is 5.50. The predicted molar refractivity (Wildman–Crippen MR) is 65.5 cm³/mol. The Morgan fingerprint density at radius 2 is 2.06 bits per heavy atom. The average Bonchev–Trinajstić information content (AvgIpc) is 2.78. The molecule has 17 heavy (non-hydrogen) atoms. The molecule has 2 N–H and O–H groups in total. The highest BCUT2D eigenvalue weighted by molar-refractivity contribution is 5.31. The van der Waals surface area contributed by atoms with Crippen LogP contribution >= 0.6 is 0 Å². The van der Waals surface area contributed by atoms with E-state index in [0.29, 0.717) is 0 Å². The van der Waals surface area contributed by atoms with E-state index in [9.17, 15) is 4.39 Å². The second-order valence-corrected chi connectivity index (χ2v) is 4.14. The van der Waals surface area contributed by atoms with Crippen molar-refractivity contribution < 1.29 is 4.39 Å². The zero-order valence-corrected chi connectivity index (χ0v) is 9.81. The third-order valence-electron chi connectivity index (χ3n) is 2.75. The summed E-state index contributed by atoms with van der Waals surface area (Å²) in [6, 6.07) is 6.42. The van der Waals surface area contributed by atoms with Gasteiger partial charge in [-0.1, -0.05) is 6.92 Å². The van der Waals surface area contributed by atoms with Crippen LogP contribution in [-0.2, 0) is 6.42 Å². The lowest BCUT2D eigenvalue weighted by Gasteiger charge is -2.05. The average molecular weight is 233 g/mol. The lowest BCUT2D eigenvalue weighted by atomic mass is 10.1. The number of hydrogen-bond donors (Lipinski definition) is 1. The number of nitrogens with two attached hydrogens (primary N) is 1. The third-order valence-corrected chi connectivity index (χ3v) is 2.75. The van der Waals surface area contributed by atoms with Gasteiger partial charge in [-0.3, -0.25) is 0 Å². The van der Waals surface area contributed by atoms with E-state index >= 15 is 0 Å². The van der Waals surface area contributed by atoms with Crippen LogP contribution in [0.3, 0.4) is 0 Å². The third kappa shape index (κ3) is 2.91. The van der Waals surface area contributed by atoms with E-state index in [2.05, 4.69) is 12.0 Å². The van der Waals surface area contributed by atoms with Crippen LogP contribution in [0.1, 0.15) is 18.9 Å². The molecule has 0 bridgehead atoms. The molecular weight excluding hydrogens is 217 g/mol. The Morgan fingerprint density at radius 3 is 2.71 bits per heavy atom. The first kappa shape index (κ1) is 11.8. The van der Waals surface area contributed by atoms with Gasteiger partial charge in [-0.15, -0.1) is 0 Å². The van der Waals surface area contributed by atoms with Gasteiger partial charge in [-0.2, -0.15) is 5.10 Å². The Labute approximate surface area is 100 Å². The van der Waals surface area contributed by atoms with Crippen molar-refractivity contribution in [1.29, 1.82) is 0 Å². The molecule has 1 aromatic carbocycles. The van der Waals surface area contributed by atoms with E-state index in [0.717, 1.165) is 24.1 Å². The summed E-state index contributed by atoms with van der Waals surface area (Å²) in [7, 11) is 0. The lowest BCUT2D eigenvalue weighted by molar-refractivity contribution is 0.627. The number of halogens is 1. The molecule has 0 amide bonds. The van der Waals surface area contributed by atoms with Crippen LogP contribution in [0.2, 0.25) is 0 Å². The minimum Gasteiger partial charge on any atom is -0.327 e. The minimum absolute atomic E-state index is 0.167. The first-order chi connectivity index (χ1) is 8.19. The van der Waals surface area contributed by atoms with Crippen molar-refractivity contribution in [3.05, 3.63) is 48.0 Å². The van der Waals surface area contributed by atoms with Gasteiger partial charge < -0.3 is 5.73 Å². The van der Waals surface area contributed by atoms with Crippen molar-refractivity contribution in [1.82, 2.24) is 9.78 Å². The fourth-order valence-corrected chi connectivity index (χ4v) is 1.65. The summed E-state index contributed by atoms with van der Waals surface area (Å²) in [6.45, 7) is 2.06. The van der Waals surface area contributed by atoms with Gasteiger partial charge >= 0.3 is 0 Å². The van der Waals surface area contributed by atoms with Crippen molar-refractivity contribution in [2.75, 3.05) is 0 Å². The van der Waals surface area contributed by atoms with Gasteiger partial charge in [0.05, 0.1) is 11.9 Å². The van der Waals surface area contributed by atoms with Gasteiger partial charge in [0.25, 0.3) is 0 Å². The summed E-state index contributed by atoms with van der Waals surface area (Å²) >= 11 is 0. The molecule has 0 aliphatic heterocycles. The molecule has 0 aliphatic carbocycles. The highest BCUT2D eigenvalue weighted by atomic mass is 19.1. The molecule has 0 saturated carbocycles. The molecule has 0 saturated heterocycles. The van der Waals surface area contributed by atoms with Gasteiger partial charge in [-0.05, 0) is 42.7 Å². The number of benzene rings is 1. The summed E-state index contributed by atoms with van der Waals surface area (Å²) in [5, 5.41) is 4.24. The molecule has 1 aromatic heterocycles. The Bertz CT molecular complexity index is 476. The van der Waals surface area contributed by atoms with Crippen molar-refractivity contribution in [3.63, 3.8) is 0 Å². The number of rotatable bonds is 4. The molecule has 1 heterocycles. The van der Waals surface area contributed by atoms with Gasteiger partial charge in [0.1, 0.15) is 5.82 Å². The normalized spacial score (nSPS) is 12.6. The Morgan fingerprint density at radius 1 is 1.35 bits per heavy atom. The molecule has 0 radical (unpaired) electrons. The summed E-state index contributed by atoms with van der Waals surface area (Å²) in [5.41, 5.74) is 7.84. The summed E-state index contributed by atoms with van der Waals surface area (Å²) in [4.78, 5) is 0. The molecule has 1 unspecified atom stereocenters. The molecule has 3 nitrogen and oxygen atoms in total. The second-order valence-electron chi connectivity index (χ2n) is 4.14. The van der Waals surface area contributed by atoms with Crippen molar-refractivity contribution >= 4 is 0 Å². The van der Waals surface area contributed by atoms with E-state index < -0.39 is 0 Å². The van der Waals surface area contributed by atoms with Crippen LogP contribution in [0, 0.1) is 5.82 Å². The molecule has 2 rings (SSSR count). The van der Waals surface area contributed by atoms with E-state index in [1.165, 1.54) is 12.1 Å². The first-order valence-electron chi connectivity index (χ1n) is 5.74. The maximum Gasteiger partial charge on any atom is 0.123 e. The van der Waals surface area contributed by atoms with Gasteiger partial charge in [0.15, 0.2) is 0 Å². The first-order valence-corrected chi connectivity index (χ1v) is 5.74. The SMILES string of the molecule is CCC(N)Cc1cnn(-c2ccc(F)cc2)c1. The summed E-state index contributed by atoms with van der Waals surface area (Å²) < 4.78 is 14.5. The van der Waals surface area contributed by atoms with Gasteiger partial charge in [-0.25, -0.2) is 9.07 Å². The van der Waals surface area contributed by atoms with Crippen LogP contribution in [0.25, 0.3) is 5.69 Å². The maximum atomic E-state index is 12.8. The predicted octanol–water partition coefficient (Wildman–Crippen LogP) is 2.29. The number of hydrogen-bond acceptors (Lipinski definition) is 2. The van der Waals surface area contributed by atoms with E-state index in [-0.39, 0.29) is 11.9 Å². The van der Waals surface area contributed by atoms with Crippen LogP contribution in [0.5, 0.6) is 0 Å².